The van der Waals surface area contributed by atoms with Crippen molar-refractivity contribution in [1.29, 1.82) is 0 Å². The molecule has 4 aromatic rings. The first-order chi connectivity index (χ1) is 12.0. The molecule has 0 saturated heterocycles. The van der Waals surface area contributed by atoms with Crippen LogP contribution in [0.25, 0.3) is 0 Å². The van der Waals surface area contributed by atoms with Gasteiger partial charge in [0, 0.05) is 49.6 Å². The smallest absolute Gasteiger partial charge is 1.00 e. The minimum Gasteiger partial charge on any atom is -1.00 e. The summed E-state index contributed by atoms with van der Waals surface area (Å²) in [6, 6.07) is 22.9. The number of hydrogen-bond acceptors (Lipinski definition) is 4. The van der Waals surface area contributed by atoms with Crippen molar-refractivity contribution in [2.75, 3.05) is 0 Å². The molecule has 0 aliphatic rings. The quantitative estimate of drug-likeness (QED) is 0.244. The second-order valence-corrected chi connectivity index (χ2v) is 4.10. The molecule has 160 valence electrons. The van der Waals surface area contributed by atoms with Crippen LogP contribution in [0.2, 0.25) is 0 Å². The Labute approximate surface area is 194 Å². The standard InChI is InChI=1S/4C5H5N.2ClH.Ni.2H2O/c4*1-2-4-6-5-3-1;;;;;/h4*1-5H;2*1H;;2*1H2/q;;;;;;+2;;/p-2. The van der Waals surface area contributed by atoms with E-state index in [1.165, 1.54) is 0 Å². The Balaban J connectivity index is -0.0000000835. The molecule has 0 aromatic carbocycles. The van der Waals surface area contributed by atoms with Gasteiger partial charge in [-0.05, 0) is 48.5 Å². The van der Waals surface area contributed by atoms with E-state index >= 15 is 0 Å². The van der Waals surface area contributed by atoms with Crippen LogP contribution in [0, 0.1) is 0 Å². The average Bonchev–Trinajstić information content (AvgIpc) is 2.75. The van der Waals surface area contributed by atoms with Crippen LogP contribution < -0.4 is 24.8 Å². The van der Waals surface area contributed by atoms with Gasteiger partial charge in [0.25, 0.3) is 0 Å². The second-order valence-electron chi connectivity index (χ2n) is 4.10. The molecule has 4 aromatic heterocycles. The summed E-state index contributed by atoms with van der Waals surface area (Å²) in [4.78, 5) is 15.1. The Morgan fingerprint density at radius 1 is 0.276 bits per heavy atom. The monoisotopic (exact) mass is 480 g/mol. The molecule has 6 nitrogen and oxygen atoms in total. The first-order valence-corrected chi connectivity index (χ1v) is 7.40. The van der Waals surface area contributed by atoms with Gasteiger partial charge in [0.2, 0.25) is 0 Å². The maximum absolute atomic E-state index is 3.78. The molecule has 0 aliphatic carbocycles. The summed E-state index contributed by atoms with van der Waals surface area (Å²) in [6.07, 6.45) is 14.0. The molecular formula is C20H24Cl2N4NiO2. The largest absolute Gasteiger partial charge is 2.00 e. The summed E-state index contributed by atoms with van der Waals surface area (Å²) in [5.41, 5.74) is 0. The zero-order valence-electron chi connectivity index (χ0n) is 15.4. The van der Waals surface area contributed by atoms with E-state index in [2.05, 4.69) is 19.9 Å². The minimum atomic E-state index is 0. The summed E-state index contributed by atoms with van der Waals surface area (Å²) < 4.78 is 0. The van der Waals surface area contributed by atoms with Crippen LogP contribution in [0.15, 0.2) is 122 Å². The van der Waals surface area contributed by atoms with Crippen LogP contribution in [-0.4, -0.2) is 30.9 Å². The van der Waals surface area contributed by atoms with E-state index in [9.17, 15) is 0 Å². The molecule has 0 aliphatic heterocycles. The number of halogens is 2. The Morgan fingerprint density at radius 3 is 0.448 bits per heavy atom. The van der Waals surface area contributed by atoms with E-state index in [1.807, 2.05) is 72.8 Å². The molecule has 0 unspecified atom stereocenters. The average molecular weight is 482 g/mol. The fraction of sp³-hybridized carbons (Fsp3) is 0. The van der Waals surface area contributed by atoms with Crippen LogP contribution in [0.5, 0.6) is 0 Å². The molecule has 0 fully saturated rings. The Morgan fingerprint density at radius 2 is 0.414 bits per heavy atom. The second kappa shape index (κ2) is 33.2. The van der Waals surface area contributed by atoms with Crippen LogP contribution in [0.4, 0.5) is 0 Å². The number of rotatable bonds is 0. The van der Waals surface area contributed by atoms with Crippen molar-refractivity contribution in [3.63, 3.8) is 0 Å². The molecule has 0 radical (unpaired) electrons. The predicted molar refractivity (Wildman–Crippen MR) is 104 cm³/mol. The molecule has 4 N–H and O–H groups in total. The van der Waals surface area contributed by atoms with Gasteiger partial charge >= 0.3 is 16.5 Å². The molecule has 0 bridgehead atoms. The van der Waals surface area contributed by atoms with Crippen LogP contribution in [-0.2, 0) is 16.5 Å². The molecule has 4 heterocycles. The molecule has 9 heteroatoms. The SMILES string of the molecule is O.O.[Cl-].[Cl-].[Ni+2].c1ccncc1.c1ccncc1.c1ccncc1.c1ccncc1. The summed E-state index contributed by atoms with van der Waals surface area (Å²) in [5, 5.41) is 0. The van der Waals surface area contributed by atoms with Gasteiger partial charge in [0.1, 0.15) is 0 Å². The maximum Gasteiger partial charge on any atom is 2.00 e. The van der Waals surface area contributed by atoms with Crippen molar-refractivity contribution in [3.8, 4) is 0 Å². The van der Waals surface area contributed by atoms with E-state index in [-0.39, 0.29) is 52.3 Å². The number of nitrogens with zero attached hydrogens (tertiary/aromatic N) is 4. The van der Waals surface area contributed by atoms with E-state index < -0.39 is 0 Å². The van der Waals surface area contributed by atoms with Crippen molar-refractivity contribution < 1.29 is 52.3 Å². The van der Waals surface area contributed by atoms with Gasteiger partial charge in [-0.1, -0.05) is 24.3 Å². The summed E-state index contributed by atoms with van der Waals surface area (Å²) >= 11 is 0. The van der Waals surface area contributed by atoms with E-state index in [1.54, 1.807) is 49.6 Å². The third-order valence-corrected chi connectivity index (χ3v) is 2.27. The minimum absolute atomic E-state index is 0. The third kappa shape index (κ3) is 30.6. The summed E-state index contributed by atoms with van der Waals surface area (Å²) in [7, 11) is 0. The van der Waals surface area contributed by atoms with Crippen molar-refractivity contribution in [1.82, 2.24) is 19.9 Å². The van der Waals surface area contributed by atoms with Crippen molar-refractivity contribution in [3.05, 3.63) is 122 Å². The Hall–Kier alpha value is -2.41. The zero-order chi connectivity index (χ0) is 17.0. The fourth-order valence-electron chi connectivity index (χ4n) is 1.25. The van der Waals surface area contributed by atoms with Crippen molar-refractivity contribution >= 4 is 0 Å². The first kappa shape index (κ1) is 37.4. The van der Waals surface area contributed by atoms with E-state index in [0.717, 1.165) is 0 Å². The normalized spacial score (nSPS) is 6.62. The molecule has 4 rings (SSSR count). The topological polar surface area (TPSA) is 115 Å². The summed E-state index contributed by atoms with van der Waals surface area (Å²) in [6.45, 7) is 0. The molecular weight excluding hydrogens is 458 g/mol. The molecule has 0 atom stereocenters. The van der Waals surface area contributed by atoms with Gasteiger partial charge in [-0.25, -0.2) is 0 Å². The number of hydrogen-bond donors (Lipinski definition) is 0. The van der Waals surface area contributed by atoms with Gasteiger partial charge in [-0.15, -0.1) is 0 Å². The third-order valence-electron chi connectivity index (χ3n) is 2.27. The van der Waals surface area contributed by atoms with E-state index in [0.29, 0.717) is 0 Å². The van der Waals surface area contributed by atoms with Crippen molar-refractivity contribution in [2.45, 2.75) is 0 Å². The summed E-state index contributed by atoms with van der Waals surface area (Å²) in [5.74, 6) is 0. The van der Waals surface area contributed by atoms with Crippen LogP contribution in [0.1, 0.15) is 0 Å². The first-order valence-electron chi connectivity index (χ1n) is 7.40. The zero-order valence-corrected chi connectivity index (χ0v) is 17.9. The molecule has 0 saturated carbocycles. The van der Waals surface area contributed by atoms with Crippen LogP contribution in [0.3, 0.4) is 0 Å². The van der Waals surface area contributed by atoms with Gasteiger partial charge in [0.05, 0.1) is 0 Å². The molecule has 0 spiro atoms. The predicted octanol–water partition coefficient (Wildman–Crippen LogP) is -3.32. The van der Waals surface area contributed by atoms with Crippen LogP contribution >= 0.6 is 0 Å². The van der Waals surface area contributed by atoms with Gasteiger partial charge < -0.3 is 35.8 Å². The molecule has 0 amide bonds. The fourth-order valence-corrected chi connectivity index (χ4v) is 1.25. The van der Waals surface area contributed by atoms with Gasteiger partial charge in [-0.2, -0.15) is 0 Å². The maximum atomic E-state index is 3.78. The Bertz CT molecular complexity index is 456. The Kier molecular flexibility index (Phi) is 42.8. The number of pyridine rings is 4. The number of aromatic nitrogens is 4. The van der Waals surface area contributed by atoms with Crippen molar-refractivity contribution in [2.24, 2.45) is 0 Å². The van der Waals surface area contributed by atoms with Gasteiger partial charge in [0.15, 0.2) is 0 Å². The van der Waals surface area contributed by atoms with E-state index in [4.69, 9.17) is 0 Å². The molecule has 29 heavy (non-hydrogen) atoms. The van der Waals surface area contributed by atoms with Gasteiger partial charge in [-0.3, -0.25) is 19.9 Å².